The average molecular weight is 729 g/mol. The summed E-state index contributed by atoms with van der Waals surface area (Å²) in [5.41, 5.74) is 9.44. The van der Waals surface area contributed by atoms with Crippen LogP contribution in [-0.2, 0) is 6.61 Å². The number of ether oxygens (including phenoxy) is 1. The van der Waals surface area contributed by atoms with Crippen molar-refractivity contribution in [3.05, 3.63) is 188 Å². The lowest BCUT2D eigenvalue weighted by Crippen LogP contribution is -2.09. The van der Waals surface area contributed by atoms with Crippen LogP contribution in [0.4, 0.5) is 0 Å². The van der Waals surface area contributed by atoms with Gasteiger partial charge in [0, 0.05) is 55.7 Å². The van der Waals surface area contributed by atoms with Crippen molar-refractivity contribution in [2.45, 2.75) is 6.61 Å². The minimum Gasteiger partial charge on any atom is -0.488 e. The van der Waals surface area contributed by atoms with E-state index >= 15 is 0 Å². The molecule has 0 unspecified atom stereocenters. The highest BCUT2D eigenvalue weighted by atomic mass is 16.5. The van der Waals surface area contributed by atoms with Crippen molar-refractivity contribution in [2.75, 3.05) is 0 Å². The zero-order valence-corrected chi connectivity index (χ0v) is 30.7. The van der Waals surface area contributed by atoms with E-state index in [4.69, 9.17) is 19.7 Å². The molecule has 0 amide bonds. The van der Waals surface area contributed by atoms with Crippen molar-refractivity contribution in [2.24, 2.45) is 0 Å². The molecule has 0 saturated heterocycles. The van der Waals surface area contributed by atoms with Crippen molar-refractivity contribution >= 4 is 54.1 Å². The Morgan fingerprint density at radius 1 is 0.421 bits per heavy atom. The van der Waals surface area contributed by atoms with Gasteiger partial charge in [0.1, 0.15) is 12.4 Å². The minimum atomic E-state index is 0.438. The predicted octanol–water partition coefficient (Wildman–Crippen LogP) is 13.0. The first-order valence-electron chi connectivity index (χ1n) is 19.3. The summed E-state index contributed by atoms with van der Waals surface area (Å²) in [7, 11) is 0. The van der Waals surface area contributed by atoms with Crippen molar-refractivity contribution < 1.29 is 4.74 Å². The molecule has 2 aromatic heterocycles. The first kappa shape index (κ1) is 31.7. The van der Waals surface area contributed by atoms with Gasteiger partial charge in [0.25, 0.3) is 0 Å². The van der Waals surface area contributed by atoms with Crippen LogP contribution >= 0.6 is 0 Å². The molecule has 9 aromatic carbocycles. The van der Waals surface area contributed by atoms with Gasteiger partial charge >= 0.3 is 0 Å². The fourth-order valence-electron chi connectivity index (χ4n) is 8.84. The summed E-state index contributed by atoms with van der Waals surface area (Å²) in [6.07, 6.45) is 0. The number of aromatic nitrogens is 4. The van der Waals surface area contributed by atoms with Crippen LogP contribution in [0.25, 0.3) is 105 Å². The number of fused-ring (bicyclic) bond motifs is 10. The van der Waals surface area contributed by atoms with Gasteiger partial charge in [-0.3, -0.25) is 0 Å². The highest BCUT2D eigenvalue weighted by molar-refractivity contribution is 6.20. The molecule has 1 aliphatic heterocycles. The minimum absolute atomic E-state index is 0.438. The molecule has 0 atom stereocenters. The van der Waals surface area contributed by atoms with E-state index in [0.29, 0.717) is 24.1 Å². The van der Waals surface area contributed by atoms with Crippen LogP contribution < -0.4 is 4.74 Å². The second-order valence-corrected chi connectivity index (χ2v) is 14.7. The van der Waals surface area contributed by atoms with Crippen LogP contribution in [-0.4, -0.2) is 19.5 Å². The fraction of sp³-hybridized carbons (Fsp3) is 0.0192. The molecule has 11 aromatic rings. The van der Waals surface area contributed by atoms with Crippen LogP contribution in [0, 0.1) is 0 Å². The highest BCUT2D eigenvalue weighted by Crippen LogP contribution is 2.46. The third-order valence-corrected chi connectivity index (χ3v) is 11.5. The van der Waals surface area contributed by atoms with E-state index in [9.17, 15) is 0 Å². The molecule has 5 heteroatoms. The van der Waals surface area contributed by atoms with Gasteiger partial charge in [-0.2, -0.15) is 0 Å². The van der Waals surface area contributed by atoms with E-state index in [1.807, 2.05) is 18.2 Å². The molecule has 0 radical (unpaired) electrons. The summed E-state index contributed by atoms with van der Waals surface area (Å²) in [6, 6.07) is 64.3. The lowest BCUT2D eigenvalue weighted by atomic mass is 9.91. The van der Waals surface area contributed by atoms with E-state index in [0.717, 1.165) is 61.1 Å². The van der Waals surface area contributed by atoms with E-state index in [-0.39, 0.29) is 0 Å². The second-order valence-electron chi connectivity index (χ2n) is 14.7. The van der Waals surface area contributed by atoms with Crippen LogP contribution in [0.3, 0.4) is 0 Å². The quantitative estimate of drug-likeness (QED) is 0.181. The summed E-state index contributed by atoms with van der Waals surface area (Å²) in [5, 5.41) is 9.56. The standard InChI is InChI=1S/C52H32N4O/c1-2-14-34(15-3-1)50-53-51(42-22-10-18-32-12-6-8-20-39(32)42)55-52(54-50)44-23-11-19-37-31-57-47-30-38(25-27-43(47)48(37)44)56-46-29-36-17-5-4-16-35(36)28-45(46)41-26-24-33-13-7-9-21-40(33)49(41)56/h1-30H,31H2. The first-order valence-corrected chi connectivity index (χ1v) is 19.3. The number of hydrogen-bond acceptors (Lipinski definition) is 4. The van der Waals surface area contributed by atoms with E-state index in [2.05, 4.69) is 168 Å². The van der Waals surface area contributed by atoms with Crippen molar-refractivity contribution in [1.29, 1.82) is 0 Å². The number of rotatable bonds is 4. The molecule has 3 heterocycles. The van der Waals surface area contributed by atoms with E-state index in [1.165, 1.54) is 37.8 Å². The summed E-state index contributed by atoms with van der Waals surface area (Å²) in [6.45, 7) is 0.438. The molecule has 0 spiro atoms. The van der Waals surface area contributed by atoms with Gasteiger partial charge in [0.15, 0.2) is 17.5 Å². The SMILES string of the molecule is c1ccc(-c2nc(-c3cccc4c3-c3ccc(-n5c6cc7ccccc7cc6c6ccc7ccccc7c65)cc3OC4)nc(-c3cccc4ccccc34)n2)cc1. The van der Waals surface area contributed by atoms with Gasteiger partial charge in [0.2, 0.25) is 0 Å². The van der Waals surface area contributed by atoms with E-state index in [1.54, 1.807) is 0 Å². The largest absolute Gasteiger partial charge is 0.488 e. The molecule has 5 nitrogen and oxygen atoms in total. The van der Waals surface area contributed by atoms with E-state index < -0.39 is 0 Å². The number of hydrogen-bond donors (Lipinski definition) is 0. The zero-order chi connectivity index (χ0) is 37.5. The molecular weight excluding hydrogens is 697 g/mol. The highest BCUT2D eigenvalue weighted by Gasteiger charge is 2.25. The van der Waals surface area contributed by atoms with Crippen LogP contribution in [0.1, 0.15) is 5.56 Å². The summed E-state index contributed by atoms with van der Waals surface area (Å²) in [4.78, 5) is 15.5. The van der Waals surface area contributed by atoms with Crippen LogP contribution in [0.15, 0.2) is 182 Å². The maximum Gasteiger partial charge on any atom is 0.164 e. The Balaban J connectivity index is 1.07. The lowest BCUT2D eigenvalue weighted by Gasteiger charge is -2.24. The molecule has 266 valence electrons. The van der Waals surface area contributed by atoms with Crippen molar-refractivity contribution in [3.63, 3.8) is 0 Å². The Hall–Kier alpha value is -7.63. The van der Waals surface area contributed by atoms with Crippen molar-refractivity contribution in [3.8, 4) is 56.7 Å². The Bertz CT molecular complexity index is 3420. The Morgan fingerprint density at radius 2 is 1.07 bits per heavy atom. The molecule has 57 heavy (non-hydrogen) atoms. The summed E-state index contributed by atoms with van der Waals surface area (Å²) >= 11 is 0. The average Bonchev–Trinajstić information content (AvgIpc) is 3.61. The second kappa shape index (κ2) is 12.4. The maximum absolute atomic E-state index is 6.63. The normalized spacial score (nSPS) is 12.3. The van der Waals surface area contributed by atoms with Crippen LogP contribution in [0.2, 0.25) is 0 Å². The molecule has 0 saturated carbocycles. The monoisotopic (exact) mass is 728 g/mol. The molecule has 0 N–H and O–H groups in total. The molecule has 0 bridgehead atoms. The van der Waals surface area contributed by atoms with Gasteiger partial charge in [-0.1, -0.05) is 152 Å². The number of nitrogens with zero attached hydrogens (tertiary/aromatic N) is 4. The Labute approximate surface area is 328 Å². The Kier molecular flexibility index (Phi) is 6.92. The molecule has 1 aliphatic rings. The zero-order valence-electron chi connectivity index (χ0n) is 30.7. The molecular formula is C52H32N4O. The molecule has 12 rings (SSSR count). The predicted molar refractivity (Wildman–Crippen MR) is 233 cm³/mol. The number of benzene rings is 9. The maximum atomic E-state index is 6.63. The molecule has 0 fully saturated rings. The van der Waals surface area contributed by atoms with Crippen LogP contribution in [0.5, 0.6) is 5.75 Å². The molecule has 0 aliphatic carbocycles. The summed E-state index contributed by atoms with van der Waals surface area (Å²) < 4.78 is 9.04. The van der Waals surface area contributed by atoms with Crippen molar-refractivity contribution in [1.82, 2.24) is 19.5 Å². The topological polar surface area (TPSA) is 52.8 Å². The van der Waals surface area contributed by atoms with Gasteiger partial charge in [-0.25, -0.2) is 15.0 Å². The third kappa shape index (κ3) is 4.99. The first-order chi connectivity index (χ1) is 28.2. The van der Waals surface area contributed by atoms with Gasteiger partial charge < -0.3 is 9.30 Å². The smallest absolute Gasteiger partial charge is 0.164 e. The van der Waals surface area contributed by atoms with Gasteiger partial charge in [0.05, 0.1) is 11.0 Å². The fourth-order valence-corrected chi connectivity index (χ4v) is 8.84. The summed E-state index contributed by atoms with van der Waals surface area (Å²) in [5.74, 6) is 2.73. The van der Waals surface area contributed by atoms with Gasteiger partial charge in [-0.05, 0) is 56.8 Å². The lowest BCUT2D eigenvalue weighted by molar-refractivity contribution is 0.302. The Morgan fingerprint density at radius 3 is 1.91 bits per heavy atom. The third-order valence-electron chi connectivity index (χ3n) is 11.5. The van der Waals surface area contributed by atoms with Gasteiger partial charge in [-0.15, -0.1) is 0 Å².